The second-order valence-electron chi connectivity index (χ2n) is 6.72. The van der Waals surface area contributed by atoms with E-state index in [0.29, 0.717) is 24.4 Å². The van der Waals surface area contributed by atoms with Crippen molar-refractivity contribution in [1.29, 1.82) is 0 Å². The SMILES string of the molecule is COc1cccc(C(=O)N(CCN2CCOCC2)Cc2ccccc2OC)c1. The predicted octanol–water partition coefficient (Wildman–Crippen LogP) is 2.68. The average Bonchev–Trinajstić information content (AvgIpc) is 2.77. The highest BCUT2D eigenvalue weighted by Gasteiger charge is 2.20. The van der Waals surface area contributed by atoms with Gasteiger partial charge in [-0.25, -0.2) is 0 Å². The van der Waals surface area contributed by atoms with Crippen molar-refractivity contribution in [2.75, 3.05) is 53.6 Å². The van der Waals surface area contributed by atoms with Gasteiger partial charge in [0.2, 0.25) is 0 Å². The van der Waals surface area contributed by atoms with Gasteiger partial charge in [-0.2, -0.15) is 0 Å². The molecule has 1 fully saturated rings. The fraction of sp³-hybridized carbons (Fsp3) is 0.409. The van der Waals surface area contributed by atoms with E-state index in [-0.39, 0.29) is 5.91 Å². The topological polar surface area (TPSA) is 51.2 Å². The van der Waals surface area contributed by atoms with Crippen molar-refractivity contribution in [1.82, 2.24) is 9.80 Å². The van der Waals surface area contributed by atoms with Crippen molar-refractivity contribution >= 4 is 5.91 Å². The van der Waals surface area contributed by atoms with Crippen LogP contribution < -0.4 is 9.47 Å². The lowest BCUT2D eigenvalue weighted by atomic mass is 10.1. The second-order valence-corrected chi connectivity index (χ2v) is 6.72. The third kappa shape index (κ3) is 5.24. The van der Waals surface area contributed by atoms with E-state index in [0.717, 1.165) is 44.2 Å². The number of methoxy groups -OCH3 is 2. The number of para-hydroxylation sites is 1. The first-order chi connectivity index (χ1) is 13.7. The van der Waals surface area contributed by atoms with Crippen LogP contribution in [0.5, 0.6) is 11.5 Å². The molecule has 28 heavy (non-hydrogen) atoms. The van der Waals surface area contributed by atoms with E-state index in [1.54, 1.807) is 20.3 Å². The molecule has 6 nitrogen and oxygen atoms in total. The number of benzene rings is 2. The summed E-state index contributed by atoms with van der Waals surface area (Å²) in [6.07, 6.45) is 0. The van der Waals surface area contributed by atoms with Gasteiger partial charge in [-0.1, -0.05) is 24.3 Å². The summed E-state index contributed by atoms with van der Waals surface area (Å²) in [6.45, 7) is 5.23. The molecule has 2 aromatic carbocycles. The molecule has 0 aliphatic carbocycles. The molecular weight excluding hydrogens is 356 g/mol. The molecule has 6 heteroatoms. The number of nitrogens with zero attached hydrogens (tertiary/aromatic N) is 2. The zero-order valence-electron chi connectivity index (χ0n) is 16.6. The fourth-order valence-electron chi connectivity index (χ4n) is 3.32. The standard InChI is InChI=1S/C22H28N2O4/c1-26-20-8-5-7-18(16-20)22(25)24(11-10-23-12-14-28-15-13-23)17-19-6-3-4-9-21(19)27-2/h3-9,16H,10-15,17H2,1-2H3. The molecule has 1 aliphatic heterocycles. The lowest BCUT2D eigenvalue weighted by Crippen LogP contribution is -2.43. The molecule has 0 saturated carbocycles. The molecule has 0 N–H and O–H groups in total. The van der Waals surface area contributed by atoms with Gasteiger partial charge in [0, 0.05) is 43.9 Å². The summed E-state index contributed by atoms with van der Waals surface area (Å²) in [5.74, 6) is 1.45. The fourth-order valence-corrected chi connectivity index (χ4v) is 3.32. The van der Waals surface area contributed by atoms with Gasteiger partial charge in [-0.15, -0.1) is 0 Å². The van der Waals surface area contributed by atoms with E-state index in [4.69, 9.17) is 14.2 Å². The highest BCUT2D eigenvalue weighted by Crippen LogP contribution is 2.21. The Morgan fingerprint density at radius 2 is 1.86 bits per heavy atom. The van der Waals surface area contributed by atoms with Gasteiger partial charge in [0.15, 0.2) is 0 Å². The molecule has 1 aliphatic rings. The van der Waals surface area contributed by atoms with Crippen LogP contribution in [0.2, 0.25) is 0 Å². The maximum absolute atomic E-state index is 13.3. The number of ether oxygens (including phenoxy) is 3. The summed E-state index contributed by atoms with van der Waals surface area (Å²) in [6, 6.07) is 15.1. The molecule has 150 valence electrons. The molecule has 1 saturated heterocycles. The zero-order chi connectivity index (χ0) is 19.8. The first kappa shape index (κ1) is 20.2. The van der Waals surface area contributed by atoms with Gasteiger partial charge in [0.25, 0.3) is 5.91 Å². The van der Waals surface area contributed by atoms with Crippen LogP contribution in [0.15, 0.2) is 48.5 Å². The van der Waals surface area contributed by atoms with Gasteiger partial charge in [-0.05, 0) is 24.3 Å². The molecule has 3 rings (SSSR count). The number of rotatable bonds is 8. The van der Waals surface area contributed by atoms with Gasteiger partial charge in [0.05, 0.1) is 27.4 Å². The molecule has 0 bridgehead atoms. The van der Waals surface area contributed by atoms with Gasteiger partial charge in [-0.3, -0.25) is 9.69 Å². The van der Waals surface area contributed by atoms with E-state index in [1.165, 1.54) is 0 Å². The Hall–Kier alpha value is -2.57. The van der Waals surface area contributed by atoms with Crippen LogP contribution >= 0.6 is 0 Å². The van der Waals surface area contributed by atoms with Gasteiger partial charge < -0.3 is 19.1 Å². The third-order valence-electron chi connectivity index (χ3n) is 4.95. The molecular formula is C22H28N2O4. The number of amides is 1. The molecule has 1 heterocycles. The van der Waals surface area contributed by atoms with Gasteiger partial charge >= 0.3 is 0 Å². The van der Waals surface area contributed by atoms with Crippen LogP contribution in [-0.4, -0.2) is 69.3 Å². The Morgan fingerprint density at radius 1 is 1.07 bits per heavy atom. The van der Waals surface area contributed by atoms with Crippen LogP contribution in [0, 0.1) is 0 Å². The van der Waals surface area contributed by atoms with Crippen molar-refractivity contribution in [2.45, 2.75) is 6.54 Å². The van der Waals surface area contributed by atoms with Crippen molar-refractivity contribution in [3.05, 3.63) is 59.7 Å². The Balaban J connectivity index is 1.79. The van der Waals surface area contributed by atoms with Crippen molar-refractivity contribution < 1.29 is 19.0 Å². The summed E-state index contributed by atoms with van der Waals surface area (Å²) in [5, 5.41) is 0. The molecule has 0 unspecified atom stereocenters. The summed E-state index contributed by atoms with van der Waals surface area (Å²) in [5.41, 5.74) is 1.61. The Bertz CT molecular complexity index is 775. The van der Waals surface area contributed by atoms with E-state index in [1.807, 2.05) is 47.4 Å². The number of hydrogen-bond donors (Lipinski definition) is 0. The third-order valence-corrected chi connectivity index (χ3v) is 4.95. The van der Waals surface area contributed by atoms with Crippen LogP contribution in [0.3, 0.4) is 0 Å². The summed E-state index contributed by atoms with van der Waals surface area (Å²) < 4.78 is 16.2. The zero-order valence-corrected chi connectivity index (χ0v) is 16.6. The summed E-state index contributed by atoms with van der Waals surface area (Å²) >= 11 is 0. The molecule has 0 radical (unpaired) electrons. The minimum absolute atomic E-state index is 0.0157. The minimum atomic E-state index is -0.0157. The summed E-state index contributed by atoms with van der Waals surface area (Å²) in [4.78, 5) is 17.5. The monoisotopic (exact) mass is 384 g/mol. The van der Waals surface area contributed by atoms with Crippen molar-refractivity contribution in [3.8, 4) is 11.5 Å². The quantitative estimate of drug-likeness (QED) is 0.700. The largest absolute Gasteiger partial charge is 0.497 e. The second kappa shape index (κ2) is 10.1. The number of carbonyl (C=O) groups is 1. The predicted molar refractivity (Wildman–Crippen MR) is 108 cm³/mol. The maximum Gasteiger partial charge on any atom is 0.254 e. The van der Waals surface area contributed by atoms with Gasteiger partial charge in [0.1, 0.15) is 11.5 Å². The van der Waals surface area contributed by atoms with E-state index < -0.39 is 0 Å². The van der Waals surface area contributed by atoms with Crippen molar-refractivity contribution in [3.63, 3.8) is 0 Å². The molecule has 0 atom stereocenters. The van der Waals surface area contributed by atoms with E-state index in [2.05, 4.69) is 4.90 Å². The number of carbonyl (C=O) groups excluding carboxylic acids is 1. The average molecular weight is 384 g/mol. The Kier molecular flexibility index (Phi) is 7.28. The Morgan fingerprint density at radius 3 is 2.61 bits per heavy atom. The molecule has 0 aromatic heterocycles. The van der Waals surface area contributed by atoms with Crippen LogP contribution in [-0.2, 0) is 11.3 Å². The van der Waals surface area contributed by atoms with Crippen molar-refractivity contribution in [2.24, 2.45) is 0 Å². The number of hydrogen-bond acceptors (Lipinski definition) is 5. The van der Waals surface area contributed by atoms with Crippen LogP contribution in [0.1, 0.15) is 15.9 Å². The Labute approximate surface area is 166 Å². The lowest BCUT2D eigenvalue weighted by Gasteiger charge is -2.30. The lowest BCUT2D eigenvalue weighted by molar-refractivity contribution is 0.0320. The van der Waals surface area contributed by atoms with E-state index in [9.17, 15) is 4.79 Å². The van der Waals surface area contributed by atoms with Crippen LogP contribution in [0.4, 0.5) is 0 Å². The molecule has 2 aromatic rings. The van der Waals surface area contributed by atoms with E-state index >= 15 is 0 Å². The summed E-state index contributed by atoms with van der Waals surface area (Å²) in [7, 11) is 3.26. The maximum atomic E-state index is 13.3. The first-order valence-corrected chi connectivity index (χ1v) is 9.56. The minimum Gasteiger partial charge on any atom is -0.497 e. The number of morpholine rings is 1. The molecule has 1 amide bonds. The first-order valence-electron chi connectivity index (χ1n) is 9.56. The molecule has 0 spiro atoms. The normalized spacial score (nSPS) is 14.5. The smallest absolute Gasteiger partial charge is 0.254 e. The highest BCUT2D eigenvalue weighted by atomic mass is 16.5. The highest BCUT2D eigenvalue weighted by molar-refractivity contribution is 5.94. The van der Waals surface area contributed by atoms with Crippen LogP contribution in [0.25, 0.3) is 0 Å².